The summed E-state index contributed by atoms with van der Waals surface area (Å²) in [6, 6.07) is 0. The number of nitrogens with zero attached hydrogens (tertiary/aromatic N) is 3. The number of nitrogens with two attached hydrogens (primary N) is 1. The molecule has 2 heterocycles. The Bertz CT molecular complexity index is 369. The average molecular weight is 268 g/mol. The molecule has 1 aromatic heterocycles. The van der Waals surface area contributed by atoms with Crippen molar-refractivity contribution in [1.82, 2.24) is 15.0 Å². The molecule has 19 heavy (non-hydrogen) atoms. The van der Waals surface area contributed by atoms with Gasteiger partial charge in [0.25, 0.3) is 0 Å². The van der Waals surface area contributed by atoms with Crippen LogP contribution >= 0.6 is 0 Å². The van der Waals surface area contributed by atoms with Gasteiger partial charge in [-0.05, 0) is 26.4 Å². The maximum absolute atomic E-state index is 5.66. The SMILES string of the molecule is CN1CCOC(c2noc(CCCCCCN)n2)C1. The fourth-order valence-corrected chi connectivity index (χ4v) is 2.21. The normalized spacial score (nSPS) is 20.8. The van der Waals surface area contributed by atoms with Crippen LogP contribution in [0.15, 0.2) is 4.52 Å². The Morgan fingerprint density at radius 1 is 1.32 bits per heavy atom. The van der Waals surface area contributed by atoms with Crippen LogP contribution in [0.2, 0.25) is 0 Å². The lowest BCUT2D eigenvalue weighted by Gasteiger charge is -2.27. The first-order valence-electron chi connectivity index (χ1n) is 7.12. The average Bonchev–Trinajstić information content (AvgIpc) is 2.87. The number of aryl methyl sites for hydroxylation is 1. The summed E-state index contributed by atoms with van der Waals surface area (Å²) in [4.78, 5) is 6.65. The number of ether oxygens (including phenoxy) is 1. The molecule has 1 aliphatic heterocycles. The third-order valence-corrected chi connectivity index (χ3v) is 3.39. The minimum Gasteiger partial charge on any atom is -0.367 e. The van der Waals surface area contributed by atoms with Crippen molar-refractivity contribution in [2.75, 3.05) is 33.3 Å². The lowest BCUT2D eigenvalue weighted by Crippen LogP contribution is -2.35. The van der Waals surface area contributed by atoms with Crippen LogP contribution in [0.25, 0.3) is 0 Å². The van der Waals surface area contributed by atoms with Crippen LogP contribution in [0.5, 0.6) is 0 Å². The molecule has 1 unspecified atom stereocenters. The smallest absolute Gasteiger partial charge is 0.226 e. The Morgan fingerprint density at radius 3 is 2.95 bits per heavy atom. The van der Waals surface area contributed by atoms with Gasteiger partial charge in [0.15, 0.2) is 0 Å². The highest BCUT2D eigenvalue weighted by atomic mass is 16.5. The number of likely N-dealkylation sites (N-methyl/N-ethyl adjacent to an activating group) is 1. The van der Waals surface area contributed by atoms with Crippen molar-refractivity contribution in [1.29, 1.82) is 0 Å². The van der Waals surface area contributed by atoms with Crippen molar-refractivity contribution in [3.63, 3.8) is 0 Å². The van der Waals surface area contributed by atoms with E-state index < -0.39 is 0 Å². The summed E-state index contributed by atoms with van der Waals surface area (Å²) >= 11 is 0. The molecule has 6 nitrogen and oxygen atoms in total. The number of unbranched alkanes of at least 4 members (excludes halogenated alkanes) is 3. The predicted molar refractivity (Wildman–Crippen MR) is 71.7 cm³/mol. The molecule has 0 spiro atoms. The van der Waals surface area contributed by atoms with Crippen LogP contribution in [0.1, 0.15) is 43.5 Å². The Kier molecular flexibility index (Phi) is 5.75. The largest absolute Gasteiger partial charge is 0.367 e. The first-order chi connectivity index (χ1) is 9.29. The second-order valence-electron chi connectivity index (χ2n) is 5.12. The molecule has 1 saturated heterocycles. The van der Waals surface area contributed by atoms with E-state index in [9.17, 15) is 0 Å². The first kappa shape index (κ1) is 14.4. The lowest BCUT2D eigenvalue weighted by atomic mass is 10.1. The van der Waals surface area contributed by atoms with E-state index >= 15 is 0 Å². The van der Waals surface area contributed by atoms with E-state index in [1.54, 1.807) is 0 Å². The summed E-state index contributed by atoms with van der Waals surface area (Å²) in [5.74, 6) is 1.41. The minimum absolute atomic E-state index is 0.0477. The molecule has 1 aromatic rings. The second-order valence-corrected chi connectivity index (χ2v) is 5.12. The number of hydrogen-bond donors (Lipinski definition) is 1. The summed E-state index contributed by atoms with van der Waals surface area (Å²) in [6.07, 6.45) is 5.31. The van der Waals surface area contributed by atoms with E-state index in [1.807, 2.05) is 0 Å². The highest BCUT2D eigenvalue weighted by Gasteiger charge is 2.24. The second kappa shape index (κ2) is 7.57. The van der Waals surface area contributed by atoms with E-state index in [2.05, 4.69) is 22.1 Å². The van der Waals surface area contributed by atoms with Gasteiger partial charge in [-0.15, -0.1) is 0 Å². The summed E-state index contributed by atoms with van der Waals surface area (Å²) in [5.41, 5.74) is 5.46. The van der Waals surface area contributed by atoms with Gasteiger partial charge in [0.05, 0.1) is 6.61 Å². The van der Waals surface area contributed by atoms with Crippen LogP contribution in [-0.4, -0.2) is 48.3 Å². The molecular formula is C13H24N4O2. The molecule has 0 saturated carbocycles. The quantitative estimate of drug-likeness (QED) is 0.747. The highest BCUT2D eigenvalue weighted by molar-refractivity contribution is 4.94. The highest BCUT2D eigenvalue weighted by Crippen LogP contribution is 2.19. The van der Waals surface area contributed by atoms with E-state index in [1.165, 1.54) is 6.42 Å². The van der Waals surface area contributed by atoms with Crippen molar-refractivity contribution in [3.8, 4) is 0 Å². The molecular weight excluding hydrogens is 244 g/mol. The van der Waals surface area contributed by atoms with Gasteiger partial charge in [0.1, 0.15) is 6.10 Å². The van der Waals surface area contributed by atoms with Crippen LogP contribution in [0, 0.1) is 0 Å². The molecule has 0 bridgehead atoms. The van der Waals surface area contributed by atoms with Crippen molar-refractivity contribution in [2.24, 2.45) is 5.73 Å². The number of morpholine rings is 1. The van der Waals surface area contributed by atoms with E-state index in [0.29, 0.717) is 5.82 Å². The molecule has 2 rings (SSSR count). The van der Waals surface area contributed by atoms with Gasteiger partial charge >= 0.3 is 0 Å². The van der Waals surface area contributed by atoms with E-state index in [-0.39, 0.29) is 6.10 Å². The molecule has 0 aromatic carbocycles. The standard InChI is InChI=1S/C13H24N4O2/c1-17-8-9-18-11(10-17)13-15-12(19-16-13)6-4-2-3-5-7-14/h11H,2-10,14H2,1H3. The monoisotopic (exact) mass is 268 g/mol. The van der Waals surface area contributed by atoms with Gasteiger partial charge in [0.2, 0.25) is 11.7 Å². The van der Waals surface area contributed by atoms with Gasteiger partial charge in [-0.2, -0.15) is 4.98 Å². The van der Waals surface area contributed by atoms with E-state index in [4.69, 9.17) is 15.0 Å². The Labute approximate surface area is 114 Å². The lowest BCUT2D eigenvalue weighted by molar-refractivity contribution is -0.0264. The third-order valence-electron chi connectivity index (χ3n) is 3.39. The van der Waals surface area contributed by atoms with Crippen LogP contribution < -0.4 is 5.73 Å². The van der Waals surface area contributed by atoms with Crippen molar-refractivity contribution in [3.05, 3.63) is 11.7 Å². The molecule has 1 aliphatic rings. The Balaban J connectivity index is 1.75. The minimum atomic E-state index is -0.0477. The molecule has 0 radical (unpaired) electrons. The van der Waals surface area contributed by atoms with Gasteiger partial charge in [0, 0.05) is 19.5 Å². The molecule has 0 aliphatic carbocycles. The summed E-state index contributed by atoms with van der Waals surface area (Å²) in [5, 5.41) is 4.03. The zero-order valence-electron chi connectivity index (χ0n) is 11.7. The molecule has 1 fully saturated rings. The Hall–Kier alpha value is -0.980. The van der Waals surface area contributed by atoms with Crippen LogP contribution in [0.3, 0.4) is 0 Å². The summed E-state index contributed by atoms with van der Waals surface area (Å²) in [6.45, 7) is 3.29. The number of rotatable bonds is 7. The molecule has 2 N–H and O–H groups in total. The van der Waals surface area contributed by atoms with Gasteiger partial charge in [-0.3, -0.25) is 0 Å². The predicted octanol–water partition coefficient (Wildman–Crippen LogP) is 1.13. The van der Waals surface area contributed by atoms with Crippen molar-refractivity contribution < 1.29 is 9.26 Å². The fourth-order valence-electron chi connectivity index (χ4n) is 2.21. The number of aromatic nitrogens is 2. The maximum atomic E-state index is 5.66. The van der Waals surface area contributed by atoms with Gasteiger partial charge < -0.3 is 19.9 Å². The van der Waals surface area contributed by atoms with Gasteiger partial charge in [-0.1, -0.05) is 18.0 Å². The zero-order chi connectivity index (χ0) is 13.5. The Morgan fingerprint density at radius 2 is 2.16 bits per heavy atom. The maximum Gasteiger partial charge on any atom is 0.226 e. The molecule has 108 valence electrons. The molecule has 0 amide bonds. The third kappa shape index (κ3) is 4.56. The zero-order valence-corrected chi connectivity index (χ0v) is 11.7. The first-order valence-corrected chi connectivity index (χ1v) is 7.12. The van der Waals surface area contributed by atoms with E-state index in [0.717, 1.165) is 57.8 Å². The molecule has 1 atom stereocenters. The van der Waals surface area contributed by atoms with Crippen molar-refractivity contribution in [2.45, 2.75) is 38.2 Å². The summed E-state index contributed by atoms with van der Waals surface area (Å²) in [7, 11) is 2.08. The van der Waals surface area contributed by atoms with Gasteiger partial charge in [-0.25, -0.2) is 0 Å². The fraction of sp³-hybridized carbons (Fsp3) is 0.846. The van der Waals surface area contributed by atoms with Crippen LogP contribution in [-0.2, 0) is 11.2 Å². The van der Waals surface area contributed by atoms with Crippen LogP contribution in [0.4, 0.5) is 0 Å². The topological polar surface area (TPSA) is 77.4 Å². The summed E-state index contributed by atoms with van der Waals surface area (Å²) < 4.78 is 10.9. The van der Waals surface area contributed by atoms with Crippen molar-refractivity contribution >= 4 is 0 Å². The molecule has 6 heteroatoms. The number of hydrogen-bond acceptors (Lipinski definition) is 6.